The van der Waals surface area contributed by atoms with Crippen molar-refractivity contribution in [2.45, 2.75) is 13.5 Å². The highest BCUT2D eigenvalue weighted by atomic mass is 32.2. The van der Waals surface area contributed by atoms with Gasteiger partial charge >= 0.3 is 0 Å². The van der Waals surface area contributed by atoms with E-state index in [1.54, 1.807) is 11.2 Å². The molecule has 3 aromatic rings. The Kier molecular flexibility index (Phi) is 6.36. The third kappa shape index (κ3) is 5.12. The lowest BCUT2D eigenvalue weighted by Gasteiger charge is -2.33. The number of piperazine rings is 1. The minimum absolute atomic E-state index is 0.139. The van der Waals surface area contributed by atoms with Crippen LogP contribution in [0.3, 0.4) is 0 Å². The summed E-state index contributed by atoms with van der Waals surface area (Å²) in [4.78, 5) is 14.9. The van der Waals surface area contributed by atoms with Gasteiger partial charge < -0.3 is 5.32 Å². The summed E-state index contributed by atoms with van der Waals surface area (Å²) in [6.07, 6.45) is 0. The van der Waals surface area contributed by atoms with Gasteiger partial charge in [-0.1, -0.05) is 42.5 Å². The number of nitrogens with zero attached hydrogens (tertiary/aromatic N) is 2. The van der Waals surface area contributed by atoms with Gasteiger partial charge in [-0.25, -0.2) is 8.42 Å². The van der Waals surface area contributed by atoms with E-state index in [9.17, 15) is 13.2 Å². The van der Waals surface area contributed by atoms with Crippen LogP contribution >= 0.6 is 0 Å². The van der Waals surface area contributed by atoms with Gasteiger partial charge in [0.15, 0.2) is 0 Å². The maximum Gasteiger partial charge on any atom is 0.255 e. The number of nitrogens with one attached hydrogen (secondary N) is 1. The molecule has 1 heterocycles. The quantitative estimate of drug-likeness (QED) is 0.640. The number of carbonyl (C=O) groups is 1. The molecular formula is C24H27N3O3S. The average molecular weight is 438 g/mol. The second kappa shape index (κ2) is 9.18. The molecule has 1 N–H and O–H groups in total. The van der Waals surface area contributed by atoms with Crippen LogP contribution in [0.2, 0.25) is 0 Å². The number of rotatable bonds is 6. The highest BCUT2D eigenvalue weighted by Crippen LogP contribution is 2.20. The Balaban J connectivity index is 1.34. The summed E-state index contributed by atoms with van der Waals surface area (Å²) < 4.78 is 25.5. The smallest absolute Gasteiger partial charge is 0.255 e. The van der Waals surface area contributed by atoms with E-state index in [2.05, 4.69) is 10.2 Å². The fourth-order valence-electron chi connectivity index (χ4n) is 3.84. The van der Waals surface area contributed by atoms with Crippen LogP contribution in [-0.2, 0) is 16.6 Å². The van der Waals surface area contributed by atoms with E-state index >= 15 is 0 Å². The van der Waals surface area contributed by atoms with Crippen molar-refractivity contribution in [3.05, 3.63) is 77.9 Å². The summed E-state index contributed by atoms with van der Waals surface area (Å²) in [5.41, 5.74) is 2.48. The average Bonchev–Trinajstić information content (AvgIpc) is 2.80. The number of benzene rings is 3. The Morgan fingerprint density at radius 3 is 2.26 bits per heavy atom. The van der Waals surface area contributed by atoms with Crippen LogP contribution in [0.5, 0.6) is 0 Å². The fraction of sp³-hybridized carbons (Fsp3) is 0.292. The first-order valence-electron chi connectivity index (χ1n) is 10.5. The monoisotopic (exact) mass is 437 g/mol. The summed E-state index contributed by atoms with van der Waals surface area (Å²) in [5.74, 6) is 0.00986. The van der Waals surface area contributed by atoms with Gasteiger partial charge in [-0.2, -0.15) is 4.31 Å². The molecule has 0 spiro atoms. The third-order valence-corrected chi connectivity index (χ3v) is 7.60. The molecule has 0 radical (unpaired) electrons. The van der Waals surface area contributed by atoms with E-state index in [0.717, 1.165) is 28.6 Å². The summed E-state index contributed by atoms with van der Waals surface area (Å²) >= 11 is 0. The molecule has 3 aromatic carbocycles. The molecule has 7 heteroatoms. The molecule has 1 aliphatic heterocycles. The summed E-state index contributed by atoms with van der Waals surface area (Å²) in [7, 11) is -3.11. The molecule has 0 saturated carbocycles. The first-order chi connectivity index (χ1) is 14.9. The van der Waals surface area contributed by atoms with Crippen molar-refractivity contribution >= 4 is 32.4 Å². The van der Waals surface area contributed by atoms with Crippen molar-refractivity contribution in [1.82, 2.24) is 9.21 Å². The van der Waals surface area contributed by atoms with E-state index in [1.807, 2.05) is 66.7 Å². The number of amides is 1. The standard InChI is InChI=1S/C24H27N3O3S/c1-2-31(29,30)27-15-13-26(14-16-27)18-19-7-9-21(10-8-19)24(28)25-23-12-11-20-5-3-4-6-22(20)17-23/h3-12,17H,2,13-16,18H2,1H3,(H,25,28). The van der Waals surface area contributed by atoms with Crippen molar-refractivity contribution in [3.8, 4) is 0 Å². The number of hydrogen-bond donors (Lipinski definition) is 1. The topological polar surface area (TPSA) is 69.7 Å². The number of fused-ring (bicyclic) bond motifs is 1. The van der Waals surface area contributed by atoms with Gasteiger partial charge in [0.05, 0.1) is 5.75 Å². The lowest BCUT2D eigenvalue weighted by atomic mass is 10.1. The van der Waals surface area contributed by atoms with E-state index in [0.29, 0.717) is 31.7 Å². The van der Waals surface area contributed by atoms with Crippen LogP contribution in [0, 0.1) is 0 Å². The van der Waals surface area contributed by atoms with Gasteiger partial charge in [-0.05, 0) is 47.5 Å². The van der Waals surface area contributed by atoms with Crippen LogP contribution in [0.1, 0.15) is 22.8 Å². The molecule has 0 aromatic heterocycles. The number of anilines is 1. The minimum atomic E-state index is -3.11. The van der Waals surface area contributed by atoms with Gasteiger partial charge in [-0.3, -0.25) is 9.69 Å². The lowest BCUT2D eigenvalue weighted by Crippen LogP contribution is -2.48. The van der Waals surface area contributed by atoms with Crippen LogP contribution in [0.15, 0.2) is 66.7 Å². The highest BCUT2D eigenvalue weighted by Gasteiger charge is 2.25. The van der Waals surface area contributed by atoms with Crippen molar-refractivity contribution in [2.24, 2.45) is 0 Å². The molecule has 1 saturated heterocycles. The lowest BCUT2D eigenvalue weighted by molar-refractivity contribution is 0.102. The molecule has 1 aliphatic rings. The van der Waals surface area contributed by atoms with Gasteiger partial charge in [-0.15, -0.1) is 0 Å². The molecule has 6 nitrogen and oxygen atoms in total. The van der Waals surface area contributed by atoms with Crippen molar-refractivity contribution < 1.29 is 13.2 Å². The zero-order valence-electron chi connectivity index (χ0n) is 17.6. The second-order valence-electron chi connectivity index (χ2n) is 7.79. The Morgan fingerprint density at radius 2 is 1.58 bits per heavy atom. The Labute approximate surface area is 183 Å². The largest absolute Gasteiger partial charge is 0.322 e. The molecule has 162 valence electrons. The van der Waals surface area contributed by atoms with Crippen molar-refractivity contribution in [2.75, 3.05) is 37.2 Å². The highest BCUT2D eigenvalue weighted by molar-refractivity contribution is 7.89. The fourth-order valence-corrected chi connectivity index (χ4v) is 4.92. The zero-order chi connectivity index (χ0) is 21.8. The van der Waals surface area contributed by atoms with E-state index in [1.165, 1.54) is 0 Å². The third-order valence-electron chi connectivity index (χ3n) is 5.72. The van der Waals surface area contributed by atoms with E-state index in [4.69, 9.17) is 0 Å². The minimum Gasteiger partial charge on any atom is -0.322 e. The van der Waals surface area contributed by atoms with Gasteiger partial charge in [0.1, 0.15) is 0 Å². The van der Waals surface area contributed by atoms with Crippen LogP contribution in [0.25, 0.3) is 10.8 Å². The Hall–Kier alpha value is -2.74. The van der Waals surface area contributed by atoms with Crippen molar-refractivity contribution in [3.63, 3.8) is 0 Å². The first-order valence-corrected chi connectivity index (χ1v) is 12.1. The molecular weight excluding hydrogens is 410 g/mol. The van der Waals surface area contributed by atoms with Crippen LogP contribution in [-0.4, -0.2) is 55.5 Å². The van der Waals surface area contributed by atoms with Gasteiger partial charge in [0, 0.05) is 44.0 Å². The van der Waals surface area contributed by atoms with E-state index in [-0.39, 0.29) is 11.7 Å². The maximum atomic E-state index is 12.6. The predicted molar refractivity (Wildman–Crippen MR) is 125 cm³/mol. The Morgan fingerprint density at radius 1 is 0.903 bits per heavy atom. The maximum absolute atomic E-state index is 12.6. The normalized spacial score (nSPS) is 15.8. The number of carbonyl (C=O) groups excluding carboxylic acids is 1. The summed E-state index contributed by atoms with van der Waals surface area (Å²) in [6, 6.07) is 21.5. The number of hydrogen-bond acceptors (Lipinski definition) is 4. The molecule has 31 heavy (non-hydrogen) atoms. The molecule has 4 rings (SSSR count). The van der Waals surface area contributed by atoms with Gasteiger partial charge in [0.25, 0.3) is 5.91 Å². The Bertz CT molecular complexity index is 1170. The predicted octanol–water partition coefficient (Wildman–Crippen LogP) is 3.56. The SMILES string of the molecule is CCS(=O)(=O)N1CCN(Cc2ccc(C(=O)Nc3ccc4ccccc4c3)cc2)CC1. The van der Waals surface area contributed by atoms with Crippen LogP contribution < -0.4 is 5.32 Å². The van der Waals surface area contributed by atoms with Crippen molar-refractivity contribution in [1.29, 1.82) is 0 Å². The molecule has 1 amide bonds. The zero-order valence-corrected chi connectivity index (χ0v) is 18.4. The van der Waals surface area contributed by atoms with E-state index < -0.39 is 10.0 Å². The number of sulfonamides is 1. The van der Waals surface area contributed by atoms with Gasteiger partial charge in [0.2, 0.25) is 10.0 Å². The molecule has 0 bridgehead atoms. The summed E-state index contributed by atoms with van der Waals surface area (Å²) in [5, 5.41) is 5.19. The molecule has 0 atom stereocenters. The first kappa shape index (κ1) is 21.5. The second-order valence-corrected chi connectivity index (χ2v) is 10.0. The molecule has 1 fully saturated rings. The van der Waals surface area contributed by atoms with Crippen LogP contribution in [0.4, 0.5) is 5.69 Å². The summed E-state index contributed by atoms with van der Waals surface area (Å²) in [6.45, 7) is 4.91. The molecule has 0 aliphatic carbocycles. The molecule has 0 unspecified atom stereocenters.